The Morgan fingerprint density at radius 2 is 1.29 bits per heavy atom. The molecule has 31 heavy (non-hydrogen) atoms. The van der Waals surface area contributed by atoms with Gasteiger partial charge in [-0.05, 0) is 42.5 Å². The molecular formula is C24H23N3O4. The van der Waals surface area contributed by atoms with E-state index in [-0.39, 0.29) is 24.3 Å². The fourth-order valence-corrected chi connectivity index (χ4v) is 2.68. The van der Waals surface area contributed by atoms with E-state index < -0.39 is 0 Å². The number of rotatable bonds is 7. The number of hydrogen-bond acceptors (Lipinski definition) is 4. The third-order valence-electron chi connectivity index (χ3n) is 4.42. The number of likely N-dealkylation sites (N-methyl/N-ethyl adjacent to an activating group) is 1. The molecule has 158 valence electrons. The lowest BCUT2D eigenvalue weighted by molar-refractivity contribution is -0.130. The molecule has 0 unspecified atom stereocenters. The lowest BCUT2D eigenvalue weighted by Crippen LogP contribution is -2.27. The van der Waals surface area contributed by atoms with Crippen molar-refractivity contribution in [1.82, 2.24) is 4.90 Å². The molecule has 0 atom stereocenters. The lowest BCUT2D eigenvalue weighted by Gasteiger charge is -2.13. The van der Waals surface area contributed by atoms with Gasteiger partial charge in [0.2, 0.25) is 0 Å². The van der Waals surface area contributed by atoms with Crippen molar-refractivity contribution in [3.63, 3.8) is 0 Å². The van der Waals surface area contributed by atoms with E-state index in [2.05, 4.69) is 10.6 Å². The molecule has 0 aliphatic carbocycles. The smallest absolute Gasteiger partial charge is 0.259 e. The summed E-state index contributed by atoms with van der Waals surface area (Å²) in [7, 11) is 3.28. The molecule has 0 fully saturated rings. The first-order valence-electron chi connectivity index (χ1n) is 9.64. The number of amides is 3. The summed E-state index contributed by atoms with van der Waals surface area (Å²) in [6.45, 7) is -0.119. The highest BCUT2D eigenvalue weighted by Gasteiger charge is 2.13. The molecule has 0 spiro atoms. The normalized spacial score (nSPS) is 10.1. The second kappa shape index (κ2) is 10.1. The minimum Gasteiger partial charge on any atom is -0.484 e. The maximum Gasteiger partial charge on any atom is 0.259 e. The summed E-state index contributed by atoms with van der Waals surface area (Å²) in [6.07, 6.45) is 0. The number of carbonyl (C=O) groups is 3. The summed E-state index contributed by atoms with van der Waals surface area (Å²) in [4.78, 5) is 38.4. The second-order valence-electron chi connectivity index (χ2n) is 6.92. The molecule has 0 heterocycles. The summed E-state index contributed by atoms with van der Waals surface area (Å²) in [5.74, 6) is -0.416. The van der Waals surface area contributed by atoms with Gasteiger partial charge in [-0.1, -0.05) is 36.4 Å². The zero-order valence-corrected chi connectivity index (χ0v) is 17.3. The number of hydrogen-bond donors (Lipinski definition) is 2. The largest absolute Gasteiger partial charge is 0.484 e. The summed E-state index contributed by atoms with van der Waals surface area (Å²) in [6, 6.07) is 22.3. The van der Waals surface area contributed by atoms with Gasteiger partial charge in [0, 0.05) is 25.2 Å². The van der Waals surface area contributed by atoms with E-state index in [1.165, 1.54) is 4.90 Å². The van der Waals surface area contributed by atoms with Crippen LogP contribution in [0.25, 0.3) is 0 Å². The third kappa shape index (κ3) is 5.93. The van der Waals surface area contributed by atoms with Crippen molar-refractivity contribution in [2.75, 3.05) is 31.3 Å². The van der Waals surface area contributed by atoms with Crippen LogP contribution in [-0.2, 0) is 4.79 Å². The van der Waals surface area contributed by atoms with Gasteiger partial charge < -0.3 is 20.3 Å². The van der Waals surface area contributed by atoms with E-state index in [0.29, 0.717) is 28.3 Å². The molecule has 7 nitrogen and oxygen atoms in total. The van der Waals surface area contributed by atoms with Crippen LogP contribution in [-0.4, -0.2) is 43.3 Å². The van der Waals surface area contributed by atoms with Crippen LogP contribution >= 0.6 is 0 Å². The van der Waals surface area contributed by atoms with Crippen LogP contribution in [0, 0.1) is 0 Å². The highest BCUT2D eigenvalue weighted by atomic mass is 16.5. The fourth-order valence-electron chi connectivity index (χ4n) is 2.68. The molecule has 3 amide bonds. The van der Waals surface area contributed by atoms with Crippen molar-refractivity contribution in [3.8, 4) is 5.75 Å². The molecule has 0 radical (unpaired) electrons. The predicted molar refractivity (Wildman–Crippen MR) is 119 cm³/mol. The number of nitrogens with one attached hydrogen (secondary N) is 2. The molecule has 3 aromatic rings. The van der Waals surface area contributed by atoms with Crippen molar-refractivity contribution in [3.05, 3.63) is 90.0 Å². The topological polar surface area (TPSA) is 87.7 Å². The summed E-state index contributed by atoms with van der Waals surface area (Å²) in [5, 5.41) is 5.63. The number of nitrogens with zero attached hydrogens (tertiary/aromatic N) is 1. The molecule has 3 rings (SSSR count). The fraction of sp³-hybridized carbons (Fsp3) is 0.125. The molecular weight excluding hydrogens is 394 g/mol. The van der Waals surface area contributed by atoms with E-state index >= 15 is 0 Å². The Bertz CT molecular complexity index is 1080. The van der Waals surface area contributed by atoms with Crippen molar-refractivity contribution in [1.29, 1.82) is 0 Å². The first kappa shape index (κ1) is 21.6. The van der Waals surface area contributed by atoms with Gasteiger partial charge in [-0.2, -0.15) is 0 Å². The van der Waals surface area contributed by atoms with Gasteiger partial charge in [0.25, 0.3) is 17.7 Å². The van der Waals surface area contributed by atoms with Crippen LogP contribution in [0.4, 0.5) is 11.4 Å². The molecule has 7 heteroatoms. The predicted octanol–water partition coefficient (Wildman–Crippen LogP) is 3.66. The quantitative estimate of drug-likeness (QED) is 0.614. The monoisotopic (exact) mass is 417 g/mol. The molecule has 0 aliphatic heterocycles. The van der Waals surface area contributed by atoms with Crippen LogP contribution in [0.2, 0.25) is 0 Å². The van der Waals surface area contributed by atoms with Gasteiger partial charge in [0.15, 0.2) is 6.61 Å². The molecule has 3 aromatic carbocycles. The van der Waals surface area contributed by atoms with E-state index in [1.807, 2.05) is 6.07 Å². The lowest BCUT2D eigenvalue weighted by atomic mass is 10.1. The Morgan fingerprint density at radius 1 is 0.742 bits per heavy atom. The average Bonchev–Trinajstić information content (AvgIpc) is 2.79. The SMILES string of the molecule is CN(C)C(=O)COc1cccc(C(=O)Nc2ccccc2NC(=O)c2ccccc2)c1. The number of para-hydroxylation sites is 2. The van der Waals surface area contributed by atoms with Crippen LogP contribution < -0.4 is 15.4 Å². The minimum atomic E-state index is -0.370. The Hall–Kier alpha value is -4.13. The molecule has 0 bridgehead atoms. The Kier molecular flexibility index (Phi) is 7.01. The number of carbonyl (C=O) groups excluding carboxylic acids is 3. The van der Waals surface area contributed by atoms with E-state index in [4.69, 9.17) is 4.74 Å². The van der Waals surface area contributed by atoms with Crippen LogP contribution in [0.15, 0.2) is 78.9 Å². The van der Waals surface area contributed by atoms with Gasteiger partial charge in [0.05, 0.1) is 11.4 Å². The average molecular weight is 417 g/mol. The molecule has 0 saturated heterocycles. The highest BCUT2D eigenvalue weighted by Crippen LogP contribution is 2.23. The number of ether oxygens (including phenoxy) is 1. The Morgan fingerprint density at radius 3 is 1.90 bits per heavy atom. The molecule has 2 N–H and O–H groups in total. The second-order valence-corrected chi connectivity index (χ2v) is 6.92. The van der Waals surface area contributed by atoms with E-state index in [9.17, 15) is 14.4 Å². The molecule has 0 aliphatic rings. The number of benzene rings is 3. The van der Waals surface area contributed by atoms with Crippen molar-refractivity contribution < 1.29 is 19.1 Å². The molecule has 0 saturated carbocycles. The minimum absolute atomic E-state index is 0.119. The summed E-state index contributed by atoms with van der Waals surface area (Å²) >= 11 is 0. The van der Waals surface area contributed by atoms with Gasteiger partial charge >= 0.3 is 0 Å². The van der Waals surface area contributed by atoms with Gasteiger partial charge in [-0.15, -0.1) is 0 Å². The Balaban J connectivity index is 1.70. The van der Waals surface area contributed by atoms with Crippen molar-refractivity contribution in [2.24, 2.45) is 0 Å². The maximum atomic E-state index is 12.8. The number of anilines is 2. The zero-order valence-electron chi connectivity index (χ0n) is 17.3. The van der Waals surface area contributed by atoms with Crippen LogP contribution in [0.3, 0.4) is 0 Å². The first-order valence-corrected chi connectivity index (χ1v) is 9.64. The molecule has 0 aromatic heterocycles. The van der Waals surface area contributed by atoms with Crippen LogP contribution in [0.5, 0.6) is 5.75 Å². The van der Waals surface area contributed by atoms with Crippen LogP contribution in [0.1, 0.15) is 20.7 Å². The standard InChI is InChI=1S/C24H23N3O4/c1-27(2)22(28)16-31-19-12-8-11-18(15-19)24(30)26-21-14-7-6-13-20(21)25-23(29)17-9-4-3-5-10-17/h3-15H,16H2,1-2H3,(H,25,29)(H,26,30). The van der Waals surface area contributed by atoms with Crippen molar-refractivity contribution in [2.45, 2.75) is 0 Å². The van der Waals surface area contributed by atoms with Gasteiger partial charge in [-0.3, -0.25) is 14.4 Å². The van der Waals surface area contributed by atoms with Crippen molar-refractivity contribution >= 4 is 29.1 Å². The highest BCUT2D eigenvalue weighted by molar-refractivity contribution is 6.10. The summed E-state index contributed by atoms with van der Waals surface area (Å²) < 4.78 is 5.47. The van der Waals surface area contributed by atoms with Gasteiger partial charge in [0.1, 0.15) is 5.75 Å². The van der Waals surface area contributed by atoms with E-state index in [1.54, 1.807) is 86.9 Å². The van der Waals surface area contributed by atoms with E-state index in [0.717, 1.165) is 0 Å². The third-order valence-corrected chi connectivity index (χ3v) is 4.42. The zero-order chi connectivity index (χ0) is 22.2. The first-order chi connectivity index (χ1) is 14.9. The van der Waals surface area contributed by atoms with Gasteiger partial charge in [-0.25, -0.2) is 0 Å². The maximum absolute atomic E-state index is 12.8. The Labute approximate surface area is 180 Å². The summed E-state index contributed by atoms with van der Waals surface area (Å²) in [5.41, 5.74) is 1.82.